The second-order valence-electron chi connectivity index (χ2n) is 3.06. The maximum Gasteiger partial charge on any atom is 0.187 e. The minimum Gasteiger partial charge on any atom is -0.409 e. The molecule has 2 aromatic rings. The van der Waals surface area contributed by atoms with Crippen LogP contribution in [0.4, 0.5) is 0 Å². The Morgan fingerprint density at radius 3 is 2.94 bits per heavy atom. The number of oxime groups is 1. The fourth-order valence-corrected chi connectivity index (χ4v) is 1.59. The van der Waals surface area contributed by atoms with Crippen LogP contribution < -0.4 is 5.73 Å². The van der Waals surface area contributed by atoms with E-state index in [0.29, 0.717) is 16.5 Å². The molecule has 6 heteroatoms. The van der Waals surface area contributed by atoms with Gasteiger partial charge in [0.25, 0.3) is 0 Å². The Morgan fingerprint density at radius 2 is 2.25 bits per heavy atom. The Balaban J connectivity index is 2.58. The van der Waals surface area contributed by atoms with Gasteiger partial charge in [-0.3, -0.25) is 4.57 Å². The summed E-state index contributed by atoms with van der Waals surface area (Å²) in [6.45, 7) is 0. The predicted octanol–water partition coefficient (Wildman–Crippen LogP) is 1.62. The van der Waals surface area contributed by atoms with Gasteiger partial charge >= 0.3 is 0 Å². The molecule has 0 radical (unpaired) electrons. The molecule has 0 spiro atoms. The van der Waals surface area contributed by atoms with Crippen molar-refractivity contribution in [2.24, 2.45) is 10.9 Å². The molecule has 0 aliphatic carbocycles. The van der Waals surface area contributed by atoms with Crippen LogP contribution in [0.1, 0.15) is 5.69 Å². The molecular formula is C10H9ClN4O. The molecule has 0 amide bonds. The SMILES string of the molecule is N/C(=N/O)c1cccn1-c1ncccc1Cl. The summed E-state index contributed by atoms with van der Waals surface area (Å²) in [6.07, 6.45) is 3.36. The molecule has 0 aliphatic rings. The average molecular weight is 237 g/mol. The lowest BCUT2D eigenvalue weighted by Crippen LogP contribution is -2.17. The zero-order chi connectivity index (χ0) is 11.5. The summed E-state index contributed by atoms with van der Waals surface area (Å²) < 4.78 is 1.65. The molecule has 2 aromatic heterocycles. The van der Waals surface area contributed by atoms with E-state index in [0.717, 1.165) is 0 Å². The third-order valence-electron chi connectivity index (χ3n) is 2.09. The number of nitrogens with zero attached hydrogens (tertiary/aromatic N) is 3. The first kappa shape index (κ1) is 10.5. The number of halogens is 1. The van der Waals surface area contributed by atoms with Crippen molar-refractivity contribution in [2.75, 3.05) is 0 Å². The van der Waals surface area contributed by atoms with E-state index in [2.05, 4.69) is 10.1 Å². The molecular weight excluding hydrogens is 228 g/mol. The number of rotatable bonds is 2. The minimum atomic E-state index is 0.00622. The highest BCUT2D eigenvalue weighted by Gasteiger charge is 2.10. The van der Waals surface area contributed by atoms with Crippen LogP contribution in [0.3, 0.4) is 0 Å². The van der Waals surface area contributed by atoms with Gasteiger partial charge in [-0.25, -0.2) is 4.98 Å². The second kappa shape index (κ2) is 4.24. The van der Waals surface area contributed by atoms with Gasteiger partial charge in [0, 0.05) is 12.4 Å². The number of nitrogens with two attached hydrogens (primary N) is 1. The Morgan fingerprint density at radius 1 is 1.44 bits per heavy atom. The number of aromatic nitrogens is 2. The molecule has 0 saturated carbocycles. The Kier molecular flexibility index (Phi) is 2.78. The van der Waals surface area contributed by atoms with E-state index in [9.17, 15) is 0 Å². The summed E-state index contributed by atoms with van der Waals surface area (Å²) in [4.78, 5) is 4.14. The molecule has 3 N–H and O–H groups in total. The van der Waals surface area contributed by atoms with Gasteiger partial charge < -0.3 is 10.9 Å². The van der Waals surface area contributed by atoms with Crippen LogP contribution in [0.25, 0.3) is 5.82 Å². The Hall–Kier alpha value is -2.01. The van der Waals surface area contributed by atoms with Crippen LogP contribution in [-0.4, -0.2) is 20.6 Å². The van der Waals surface area contributed by atoms with Gasteiger partial charge in [0.05, 0.1) is 10.7 Å². The quantitative estimate of drug-likeness (QED) is 0.360. The summed E-state index contributed by atoms with van der Waals surface area (Å²) in [5.74, 6) is 0.544. The van der Waals surface area contributed by atoms with Crippen molar-refractivity contribution < 1.29 is 5.21 Å². The molecule has 0 bridgehead atoms. The van der Waals surface area contributed by atoms with E-state index in [1.54, 1.807) is 41.2 Å². The van der Waals surface area contributed by atoms with Gasteiger partial charge in [-0.1, -0.05) is 16.8 Å². The van der Waals surface area contributed by atoms with E-state index < -0.39 is 0 Å². The summed E-state index contributed by atoms with van der Waals surface area (Å²) in [5.41, 5.74) is 6.07. The van der Waals surface area contributed by atoms with Gasteiger partial charge in [0.1, 0.15) is 0 Å². The van der Waals surface area contributed by atoms with E-state index in [1.165, 1.54) is 0 Å². The van der Waals surface area contributed by atoms with Crippen LogP contribution in [-0.2, 0) is 0 Å². The second-order valence-corrected chi connectivity index (χ2v) is 3.46. The van der Waals surface area contributed by atoms with Crippen LogP contribution in [0, 0.1) is 0 Å². The van der Waals surface area contributed by atoms with Crippen LogP contribution in [0.15, 0.2) is 41.8 Å². The summed E-state index contributed by atoms with van der Waals surface area (Å²) in [5, 5.41) is 12.1. The summed E-state index contributed by atoms with van der Waals surface area (Å²) in [7, 11) is 0. The zero-order valence-corrected chi connectivity index (χ0v) is 8.96. The van der Waals surface area contributed by atoms with E-state index in [-0.39, 0.29) is 5.84 Å². The fourth-order valence-electron chi connectivity index (χ4n) is 1.38. The first-order valence-corrected chi connectivity index (χ1v) is 4.88. The lowest BCUT2D eigenvalue weighted by molar-refractivity contribution is 0.318. The van der Waals surface area contributed by atoms with Crippen molar-refractivity contribution in [1.82, 2.24) is 9.55 Å². The molecule has 0 atom stereocenters. The van der Waals surface area contributed by atoms with Gasteiger partial charge in [0.15, 0.2) is 11.7 Å². The van der Waals surface area contributed by atoms with Crippen molar-refractivity contribution >= 4 is 17.4 Å². The normalized spacial score (nSPS) is 11.7. The van der Waals surface area contributed by atoms with Crippen molar-refractivity contribution in [1.29, 1.82) is 0 Å². The van der Waals surface area contributed by atoms with Crippen molar-refractivity contribution in [2.45, 2.75) is 0 Å². The first-order valence-electron chi connectivity index (χ1n) is 4.50. The monoisotopic (exact) mass is 236 g/mol. The smallest absolute Gasteiger partial charge is 0.187 e. The van der Waals surface area contributed by atoms with Gasteiger partial charge in [-0.2, -0.15) is 0 Å². The molecule has 0 aliphatic heterocycles. The first-order chi connectivity index (χ1) is 7.74. The Labute approximate surface area is 96.8 Å². The molecule has 2 heterocycles. The van der Waals surface area contributed by atoms with Crippen LogP contribution in [0.5, 0.6) is 0 Å². The standard InChI is InChI=1S/C10H9ClN4O/c11-7-3-1-5-13-10(7)15-6-2-4-8(15)9(12)14-16/h1-6,16H,(H2,12,14). The molecule has 2 rings (SSSR count). The largest absolute Gasteiger partial charge is 0.409 e. The van der Waals surface area contributed by atoms with E-state index in [4.69, 9.17) is 22.5 Å². The van der Waals surface area contributed by atoms with E-state index in [1.807, 2.05) is 0 Å². The maximum atomic E-state index is 8.64. The zero-order valence-electron chi connectivity index (χ0n) is 8.21. The molecule has 0 unspecified atom stereocenters. The number of amidine groups is 1. The van der Waals surface area contributed by atoms with Crippen molar-refractivity contribution in [3.63, 3.8) is 0 Å². The van der Waals surface area contributed by atoms with Crippen LogP contribution in [0.2, 0.25) is 5.02 Å². The lowest BCUT2D eigenvalue weighted by atomic mass is 10.4. The number of hydrogen-bond donors (Lipinski definition) is 2. The van der Waals surface area contributed by atoms with Gasteiger partial charge in [-0.15, -0.1) is 0 Å². The fraction of sp³-hybridized carbons (Fsp3) is 0. The summed E-state index contributed by atoms with van der Waals surface area (Å²) >= 11 is 6.01. The number of hydrogen-bond acceptors (Lipinski definition) is 3. The molecule has 0 aromatic carbocycles. The predicted molar refractivity (Wildman–Crippen MR) is 61.1 cm³/mol. The molecule has 82 valence electrons. The summed E-state index contributed by atoms with van der Waals surface area (Å²) in [6, 6.07) is 6.93. The molecule has 0 fully saturated rings. The highest BCUT2D eigenvalue weighted by atomic mass is 35.5. The van der Waals surface area contributed by atoms with Gasteiger partial charge in [-0.05, 0) is 24.3 Å². The highest BCUT2D eigenvalue weighted by molar-refractivity contribution is 6.32. The third-order valence-corrected chi connectivity index (χ3v) is 2.38. The molecule has 16 heavy (non-hydrogen) atoms. The maximum absolute atomic E-state index is 8.64. The minimum absolute atomic E-state index is 0.00622. The number of pyridine rings is 1. The third kappa shape index (κ3) is 1.72. The molecule has 5 nitrogen and oxygen atoms in total. The van der Waals surface area contributed by atoms with Crippen LogP contribution >= 0.6 is 11.6 Å². The lowest BCUT2D eigenvalue weighted by Gasteiger charge is -2.08. The highest BCUT2D eigenvalue weighted by Crippen LogP contribution is 2.19. The molecule has 0 saturated heterocycles. The van der Waals surface area contributed by atoms with Crippen molar-refractivity contribution in [3.05, 3.63) is 47.4 Å². The van der Waals surface area contributed by atoms with E-state index >= 15 is 0 Å². The average Bonchev–Trinajstić information content (AvgIpc) is 2.77. The topological polar surface area (TPSA) is 76.4 Å². The van der Waals surface area contributed by atoms with Crippen molar-refractivity contribution in [3.8, 4) is 5.82 Å². The van der Waals surface area contributed by atoms with Gasteiger partial charge in [0.2, 0.25) is 0 Å². The Bertz CT molecular complexity index is 535.